The van der Waals surface area contributed by atoms with Crippen LogP contribution in [0.5, 0.6) is 11.5 Å². The van der Waals surface area contributed by atoms with Crippen molar-refractivity contribution in [2.45, 2.75) is 6.42 Å². The van der Waals surface area contributed by atoms with Gasteiger partial charge < -0.3 is 14.8 Å². The number of ether oxygens (including phenoxy) is 2. The normalized spacial score (nSPS) is 16.5. The maximum atomic E-state index is 12.4. The maximum absolute atomic E-state index is 12.4. The number of rotatable bonds is 3. The summed E-state index contributed by atoms with van der Waals surface area (Å²) in [7, 11) is 1.59. The van der Waals surface area contributed by atoms with Crippen LogP contribution in [0, 0.1) is 5.92 Å². The van der Waals surface area contributed by atoms with E-state index in [9.17, 15) is 4.79 Å². The Hall–Kier alpha value is -2.49. The summed E-state index contributed by atoms with van der Waals surface area (Å²) in [6, 6.07) is 15.2. The van der Waals surface area contributed by atoms with Crippen molar-refractivity contribution in [1.29, 1.82) is 0 Å². The quantitative estimate of drug-likeness (QED) is 0.942. The predicted molar refractivity (Wildman–Crippen MR) is 80.8 cm³/mol. The minimum atomic E-state index is -0.190. The SMILES string of the molecule is COc1ccccc1NC(=O)[C@H]1COc2ccccc2C1. The first kappa shape index (κ1) is 13.5. The number of carbonyl (C=O) groups is 1. The van der Waals surface area contributed by atoms with Gasteiger partial charge in [0.2, 0.25) is 5.91 Å². The molecule has 0 radical (unpaired) electrons. The predicted octanol–water partition coefficient (Wildman–Crippen LogP) is 2.89. The van der Waals surface area contributed by atoms with Crippen LogP contribution in [0.3, 0.4) is 0 Å². The van der Waals surface area contributed by atoms with E-state index in [1.165, 1.54) is 0 Å². The van der Waals surface area contributed by atoms with Gasteiger partial charge in [0.05, 0.1) is 18.7 Å². The van der Waals surface area contributed by atoms with Crippen LogP contribution in [0.4, 0.5) is 5.69 Å². The zero-order valence-corrected chi connectivity index (χ0v) is 11.8. The molecule has 0 aliphatic carbocycles. The summed E-state index contributed by atoms with van der Waals surface area (Å²) in [6.45, 7) is 0.401. The molecular formula is C17H17NO3. The minimum Gasteiger partial charge on any atom is -0.495 e. The number of anilines is 1. The number of benzene rings is 2. The molecule has 3 rings (SSSR count). The summed E-state index contributed by atoms with van der Waals surface area (Å²) < 4.78 is 10.9. The summed E-state index contributed by atoms with van der Waals surface area (Å²) in [6.07, 6.45) is 0.692. The molecule has 0 spiro atoms. The Morgan fingerprint density at radius 3 is 2.81 bits per heavy atom. The molecule has 1 amide bonds. The van der Waals surface area contributed by atoms with Crippen molar-refractivity contribution >= 4 is 11.6 Å². The van der Waals surface area contributed by atoms with Gasteiger partial charge in [-0.3, -0.25) is 4.79 Å². The molecule has 0 unspecified atom stereocenters. The second-order valence-corrected chi connectivity index (χ2v) is 5.01. The molecule has 2 aromatic carbocycles. The van der Waals surface area contributed by atoms with Gasteiger partial charge in [-0.15, -0.1) is 0 Å². The van der Waals surface area contributed by atoms with E-state index in [-0.39, 0.29) is 11.8 Å². The Morgan fingerprint density at radius 1 is 1.19 bits per heavy atom. The lowest BCUT2D eigenvalue weighted by Crippen LogP contribution is -2.32. The summed E-state index contributed by atoms with van der Waals surface area (Å²) in [5.41, 5.74) is 1.76. The molecule has 21 heavy (non-hydrogen) atoms. The smallest absolute Gasteiger partial charge is 0.231 e. The average Bonchev–Trinajstić information content (AvgIpc) is 2.55. The third-order valence-corrected chi connectivity index (χ3v) is 3.61. The van der Waals surface area contributed by atoms with Gasteiger partial charge in [0.25, 0.3) is 0 Å². The van der Waals surface area contributed by atoms with Gasteiger partial charge in [-0.1, -0.05) is 30.3 Å². The van der Waals surface area contributed by atoms with E-state index in [0.29, 0.717) is 24.5 Å². The number of fused-ring (bicyclic) bond motifs is 1. The molecule has 1 aliphatic rings. The fourth-order valence-electron chi connectivity index (χ4n) is 2.48. The molecule has 0 saturated carbocycles. The number of para-hydroxylation sites is 3. The molecule has 2 aromatic rings. The van der Waals surface area contributed by atoms with Crippen molar-refractivity contribution in [3.63, 3.8) is 0 Å². The fourth-order valence-corrected chi connectivity index (χ4v) is 2.48. The highest BCUT2D eigenvalue weighted by molar-refractivity contribution is 5.94. The number of carbonyl (C=O) groups excluding carboxylic acids is 1. The number of hydrogen-bond acceptors (Lipinski definition) is 3. The van der Waals surface area contributed by atoms with E-state index in [1.807, 2.05) is 48.5 Å². The molecule has 1 N–H and O–H groups in total. The van der Waals surface area contributed by atoms with Gasteiger partial charge in [-0.05, 0) is 30.2 Å². The Bertz CT molecular complexity index is 654. The second-order valence-electron chi connectivity index (χ2n) is 5.01. The van der Waals surface area contributed by atoms with Gasteiger partial charge in [-0.2, -0.15) is 0 Å². The Morgan fingerprint density at radius 2 is 1.95 bits per heavy atom. The van der Waals surface area contributed by atoms with Crippen LogP contribution < -0.4 is 14.8 Å². The number of nitrogens with one attached hydrogen (secondary N) is 1. The molecule has 0 aromatic heterocycles. The third kappa shape index (κ3) is 2.84. The van der Waals surface area contributed by atoms with Crippen molar-refractivity contribution in [2.75, 3.05) is 19.0 Å². The van der Waals surface area contributed by atoms with Gasteiger partial charge in [0.1, 0.15) is 18.1 Å². The lowest BCUT2D eigenvalue weighted by atomic mass is 9.96. The molecular weight excluding hydrogens is 266 g/mol. The van der Waals surface area contributed by atoms with E-state index < -0.39 is 0 Å². The van der Waals surface area contributed by atoms with Crippen LogP contribution in [-0.2, 0) is 11.2 Å². The average molecular weight is 283 g/mol. The Balaban J connectivity index is 1.72. The van der Waals surface area contributed by atoms with Crippen molar-refractivity contribution in [3.8, 4) is 11.5 Å². The van der Waals surface area contributed by atoms with Gasteiger partial charge in [-0.25, -0.2) is 0 Å². The minimum absolute atomic E-state index is 0.0472. The number of methoxy groups -OCH3 is 1. The highest BCUT2D eigenvalue weighted by Crippen LogP contribution is 2.29. The highest BCUT2D eigenvalue weighted by Gasteiger charge is 2.26. The van der Waals surface area contributed by atoms with Crippen LogP contribution in [0.2, 0.25) is 0 Å². The van der Waals surface area contributed by atoms with E-state index in [1.54, 1.807) is 7.11 Å². The van der Waals surface area contributed by atoms with Crippen molar-refractivity contribution in [2.24, 2.45) is 5.92 Å². The molecule has 0 saturated heterocycles. The van der Waals surface area contributed by atoms with Gasteiger partial charge >= 0.3 is 0 Å². The molecule has 4 nitrogen and oxygen atoms in total. The van der Waals surface area contributed by atoms with Crippen molar-refractivity contribution in [1.82, 2.24) is 0 Å². The molecule has 4 heteroatoms. The highest BCUT2D eigenvalue weighted by atomic mass is 16.5. The fraction of sp³-hybridized carbons (Fsp3) is 0.235. The van der Waals surface area contributed by atoms with E-state index in [2.05, 4.69) is 5.32 Å². The lowest BCUT2D eigenvalue weighted by Gasteiger charge is -2.24. The van der Waals surface area contributed by atoms with E-state index in [0.717, 1.165) is 11.3 Å². The molecule has 1 heterocycles. The lowest BCUT2D eigenvalue weighted by molar-refractivity contribution is -0.121. The molecule has 0 bridgehead atoms. The summed E-state index contributed by atoms with van der Waals surface area (Å²) in [4.78, 5) is 12.4. The molecule has 1 atom stereocenters. The summed E-state index contributed by atoms with van der Waals surface area (Å²) in [5, 5.41) is 2.92. The molecule has 1 aliphatic heterocycles. The first-order valence-corrected chi connectivity index (χ1v) is 6.92. The van der Waals surface area contributed by atoms with Gasteiger partial charge in [0, 0.05) is 0 Å². The van der Waals surface area contributed by atoms with E-state index in [4.69, 9.17) is 9.47 Å². The van der Waals surface area contributed by atoms with Gasteiger partial charge in [0.15, 0.2) is 0 Å². The molecule has 108 valence electrons. The van der Waals surface area contributed by atoms with Crippen LogP contribution in [0.15, 0.2) is 48.5 Å². The Kier molecular flexibility index (Phi) is 3.77. The maximum Gasteiger partial charge on any atom is 0.231 e. The number of hydrogen-bond donors (Lipinski definition) is 1. The summed E-state index contributed by atoms with van der Waals surface area (Å²) in [5.74, 6) is 1.29. The Labute approximate surface area is 123 Å². The van der Waals surface area contributed by atoms with Crippen LogP contribution in [0.1, 0.15) is 5.56 Å². The second kappa shape index (κ2) is 5.87. The summed E-state index contributed by atoms with van der Waals surface area (Å²) >= 11 is 0. The number of amides is 1. The first-order valence-electron chi connectivity index (χ1n) is 6.92. The molecule has 0 fully saturated rings. The first-order chi connectivity index (χ1) is 10.3. The standard InChI is InChI=1S/C17H17NO3/c1-20-16-9-5-3-7-14(16)18-17(19)13-10-12-6-2-4-8-15(12)21-11-13/h2-9,13H,10-11H2,1H3,(H,18,19)/t13-/m1/s1. The van der Waals surface area contributed by atoms with Crippen molar-refractivity contribution in [3.05, 3.63) is 54.1 Å². The van der Waals surface area contributed by atoms with Crippen LogP contribution >= 0.6 is 0 Å². The monoisotopic (exact) mass is 283 g/mol. The van der Waals surface area contributed by atoms with Crippen LogP contribution in [0.25, 0.3) is 0 Å². The van der Waals surface area contributed by atoms with E-state index >= 15 is 0 Å². The van der Waals surface area contributed by atoms with Crippen molar-refractivity contribution < 1.29 is 14.3 Å². The zero-order valence-electron chi connectivity index (χ0n) is 11.8. The zero-order chi connectivity index (χ0) is 14.7. The van der Waals surface area contributed by atoms with Crippen LogP contribution in [-0.4, -0.2) is 19.6 Å². The topological polar surface area (TPSA) is 47.6 Å². The third-order valence-electron chi connectivity index (χ3n) is 3.61. The largest absolute Gasteiger partial charge is 0.495 e.